The maximum atomic E-state index is 9.96. The highest BCUT2D eigenvalue weighted by Crippen LogP contribution is 2.30. The molecule has 1 unspecified atom stereocenters. The zero-order valence-electron chi connectivity index (χ0n) is 13.0. The van der Waals surface area contributed by atoms with E-state index in [9.17, 15) is 5.11 Å². The molecule has 118 valence electrons. The van der Waals surface area contributed by atoms with Crippen molar-refractivity contribution in [3.8, 4) is 11.1 Å². The summed E-state index contributed by atoms with van der Waals surface area (Å²) >= 11 is 0. The van der Waals surface area contributed by atoms with Gasteiger partial charge >= 0.3 is 0 Å². The van der Waals surface area contributed by atoms with Crippen LogP contribution in [-0.2, 0) is 0 Å². The topological polar surface area (TPSA) is 77.9 Å². The predicted octanol–water partition coefficient (Wildman–Crippen LogP) is 2.29. The summed E-state index contributed by atoms with van der Waals surface area (Å²) < 4.78 is 0. The lowest BCUT2D eigenvalue weighted by molar-refractivity contribution is 0.154. The second-order valence-electron chi connectivity index (χ2n) is 6.08. The first kappa shape index (κ1) is 14.1. The van der Waals surface area contributed by atoms with Crippen LogP contribution in [0.3, 0.4) is 0 Å². The standard InChI is InChI=1S/C17H19N5O/c1-11-15(8-20-21-11)12-4-5-16-14(7-12)17(19-10-18-16)22-6-2-3-13(23)9-22/h4-5,7-8,10,13,23H,2-3,6,9H2,1H3,(H,20,21). The van der Waals surface area contributed by atoms with Crippen LogP contribution in [0.2, 0.25) is 0 Å². The molecule has 1 saturated heterocycles. The number of aliphatic hydroxyl groups excluding tert-OH is 1. The van der Waals surface area contributed by atoms with Crippen LogP contribution in [0.1, 0.15) is 18.5 Å². The van der Waals surface area contributed by atoms with E-state index >= 15 is 0 Å². The molecule has 1 aliphatic rings. The van der Waals surface area contributed by atoms with Gasteiger partial charge in [-0.2, -0.15) is 5.10 Å². The molecule has 0 radical (unpaired) electrons. The Morgan fingerprint density at radius 1 is 1.30 bits per heavy atom. The molecule has 1 atom stereocenters. The van der Waals surface area contributed by atoms with Crippen molar-refractivity contribution in [1.29, 1.82) is 0 Å². The van der Waals surface area contributed by atoms with E-state index in [2.05, 4.69) is 37.2 Å². The SMILES string of the molecule is Cc1[nH]ncc1-c1ccc2ncnc(N3CCCC(O)C3)c2c1. The minimum atomic E-state index is -0.284. The van der Waals surface area contributed by atoms with Crippen molar-refractivity contribution in [2.24, 2.45) is 0 Å². The second-order valence-corrected chi connectivity index (χ2v) is 6.08. The Balaban J connectivity index is 1.83. The number of fused-ring (bicyclic) bond motifs is 1. The van der Waals surface area contributed by atoms with Gasteiger partial charge in [-0.3, -0.25) is 5.10 Å². The van der Waals surface area contributed by atoms with Crippen molar-refractivity contribution in [3.63, 3.8) is 0 Å². The van der Waals surface area contributed by atoms with Gasteiger partial charge in [0.15, 0.2) is 0 Å². The minimum absolute atomic E-state index is 0.284. The highest BCUT2D eigenvalue weighted by Gasteiger charge is 2.21. The Kier molecular flexibility index (Phi) is 3.46. The van der Waals surface area contributed by atoms with E-state index in [-0.39, 0.29) is 6.10 Å². The van der Waals surface area contributed by atoms with Crippen LogP contribution in [-0.4, -0.2) is 44.5 Å². The Morgan fingerprint density at radius 3 is 3.00 bits per heavy atom. The number of H-pyrrole nitrogens is 1. The summed E-state index contributed by atoms with van der Waals surface area (Å²) in [7, 11) is 0. The third-order valence-corrected chi connectivity index (χ3v) is 4.45. The van der Waals surface area contributed by atoms with Crippen LogP contribution >= 0.6 is 0 Å². The number of hydrogen-bond acceptors (Lipinski definition) is 5. The van der Waals surface area contributed by atoms with Crippen molar-refractivity contribution in [2.75, 3.05) is 18.0 Å². The fraction of sp³-hybridized carbons (Fsp3) is 0.353. The zero-order valence-corrected chi connectivity index (χ0v) is 13.0. The molecular weight excluding hydrogens is 290 g/mol. The summed E-state index contributed by atoms with van der Waals surface area (Å²) in [5.74, 6) is 0.900. The minimum Gasteiger partial charge on any atom is -0.391 e. The average Bonchev–Trinajstić information content (AvgIpc) is 3.00. The number of nitrogens with one attached hydrogen (secondary N) is 1. The molecule has 1 aromatic carbocycles. The zero-order chi connectivity index (χ0) is 15.8. The highest BCUT2D eigenvalue weighted by atomic mass is 16.3. The molecule has 1 aliphatic heterocycles. The lowest BCUT2D eigenvalue weighted by Gasteiger charge is -2.31. The molecule has 0 spiro atoms. The second kappa shape index (κ2) is 5.62. The molecule has 0 aliphatic carbocycles. The van der Waals surface area contributed by atoms with Gasteiger partial charge in [-0.05, 0) is 37.5 Å². The molecule has 23 heavy (non-hydrogen) atoms. The van der Waals surface area contributed by atoms with Gasteiger partial charge < -0.3 is 10.0 Å². The van der Waals surface area contributed by atoms with Gasteiger partial charge in [0.25, 0.3) is 0 Å². The molecule has 6 nitrogen and oxygen atoms in total. The Hall–Kier alpha value is -2.47. The number of rotatable bonds is 2. The Labute approximate surface area is 134 Å². The van der Waals surface area contributed by atoms with E-state index in [1.807, 2.05) is 19.2 Å². The van der Waals surface area contributed by atoms with Crippen LogP contribution in [0.5, 0.6) is 0 Å². The van der Waals surface area contributed by atoms with Gasteiger partial charge in [-0.1, -0.05) is 6.07 Å². The summed E-state index contributed by atoms with van der Waals surface area (Å²) in [6, 6.07) is 6.19. The monoisotopic (exact) mass is 309 g/mol. The van der Waals surface area contributed by atoms with Gasteiger partial charge in [0.2, 0.25) is 0 Å². The number of benzene rings is 1. The maximum Gasteiger partial charge on any atom is 0.139 e. The number of aromatic nitrogens is 4. The third-order valence-electron chi connectivity index (χ3n) is 4.45. The molecule has 4 rings (SSSR count). The number of aliphatic hydroxyl groups is 1. The quantitative estimate of drug-likeness (QED) is 0.759. The first-order valence-electron chi connectivity index (χ1n) is 7.90. The molecule has 0 saturated carbocycles. The first-order valence-corrected chi connectivity index (χ1v) is 7.90. The number of β-amino-alcohol motifs (C(OH)–C–C–N with tert-alkyl or cyclic N) is 1. The number of piperidine rings is 1. The van der Waals surface area contributed by atoms with E-state index in [4.69, 9.17) is 0 Å². The van der Waals surface area contributed by atoms with Crippen molar-refractivity contribution in [1.82, 2.24) is 20.2 Å². The van der Waals surface area contributed by atoms with E-state index < -0.39 is 0 Å². The molecule has 2 N–H and O–H groups in total. The molecule has 0 bridgehead atoms. The molecule has 3 heterocycles. The van der Waals surface area contributed by atoms with E-state index in [0.29, 0.717) is 6.54 Å². The molecule has 6 heteroatoms. The maximum absolute atomic E-state index is 9.96. The lowest BCUT2D eigenvalue weighted by Crippen LogP contribution is -2.38. The molecular formula is C17H19N5O. The summed E-state index contributed by atoms with van der Waals surface area (Å²) in [5.41, 5.74) is 4.13. The molecule has 0 amide bonds. The predicted molar refractivity (Wildman–Crippen MR) is 89.3 cm³/mol. The van der Waals surface area contributed by atoms with Gasteiger partial charge in [-0.15, -0.1) is 0 Å². The van der Waals surface area contributed by atoms with Crippen molar-refractivity contribution in [2.45, 2.75) is 25.9 Å². The number of aryl methyl sites for hydroxylation is 1. The van der Waals surface area contributed by atoms with Crippen LogP contribution < -0.4 is 4.90 Å². The summed E-state index contributed by atoms with van der Waals surface area (Å²) in [5, 5.41) is 18.0. The number of nitrogens with zero attached hydrogens (tertiary/aromatic N) is 4. The molecule has 2 aromatic heterocycles. The smallest absolute Gasteiger partial charge is 0.139 e. The van der Waals surface area contributed by atoms with E-state index in [0.717, 1.165) is 52.9 Å². The first-order chi connectivity index (χ1) is 11.2. The van der Waals surface area contributed by atoms with Crippen LogP contribution in [0.25, 0.3) is 22.0 Å². The largest absolute Gasteiger partial charge is 0.391 e. The van der Waals surface area contributed by atoms with Gasteiger partial charge in [0.1, 0.15) is 12.1 Å². The van der Waals surface area contributed by atoms with E-state index in [1.54, 1.807) is 6.33 Å². The van der Waals surface area contributed by atoms with Crippen molar-refractivity contribution >= 4 is 16.7 Å². The van der Waals surface area contributed by atoms with E-state index in [1.165, 1.54) is 0 Å². The lowest BCUT2D eigenvalue weighted by atomic mass is 10.0. The Morgan fingerprint density at radius 2 is 2.22 bits per heavy atom. The number of hydrogen-bond donors (Lipinski definition) is 2. The molecule has 3 aromatic rings. The van der Waals surface area contributed by atoms with Crippen molar-refractivity contribution < 1.29 is 5.11 Å². The van der Waals surface area contributed by atoms with Crippen molar-refractivity contribution in [3.05, 3.63) is 36.4 Å². The van der Waals surface area contributed by atoms with Crippen LogP contribution in [0.4, 0.5) is 5.82 Å². The summed E-state index contributed by atoms with van der Waals surface area (Å²) in [6.07, 6.45) is 4.99. The summed E-state index contributed by atoms with van der Waals surface area (Å²) in [6.45, 7) is 3.55. The number of anilines is 1. The van der Waals surface area contributed by atoms with Gasteiger partial charge in [0, 0.05) is 29.7 Å². The summed E-state index contributed by atoms with van der Waals surface area (Å²) in [4.78, 5) is 11.0. The molecule has 1 fully saturated rings. The van der Waals surface area contributed by atoms with Crippen LogP contribution in [0.15, 0.2) is 30.7 Å². The van der Waals surface area contributed by atoms with Gasteiger partial charge in [-0.25, -0.2) is 9.97 Å². The fourth-order valence-electron chi connectivity index (χ4n) is 3.25. The Bertz CT molecular complexity index is 844. The average molecular weight is 309 g/mol. The van der Waals surface area contributed by atoms with Gasteiger partial charge in [0.05, 0.1) is 17.8 Å². The highest BCUT2D eigenvalue weighted by molar-refractivity contribution is 5.93. The third kappa shape index (κ3) is 2.55. The normalized spacial score (nSPS) is 18.5. The van der Waals surface area contributed by atoms with Crippen LogP contribution in [0, 0.1) is 6.92 Å². The number of aromatic amines is 1. The fourth-order valence-corrected chi connectivity index (χ4v) is 3.25.